The summed E-state index contributed by atoms with van der Waals surface area (Å²) in [7, 11) is -3.42. The monoisotopic (exact) mass is 299 g/mol. The molecule has 0 amide bonds. The molecule has 1 fully saturated rings. The van der Waals surface area contributed by atoms with Gasteiger partial charge in [0.15, 0.2) is 0 Å². The Labute approximate surface area is 120 Å². The van der Waals surface area contributed by atoms with Gasteiger partial charge in [0, 0.05) is 19.6 Å². The molecule has 1 saturated heterocycles. The molecule has 0 atom stereocenters. The van der Waals surface area contributed by atoms with Gasteiger partial charge in [0.25, 0.3) is 10.2 Å². The van der Waals surface area contributed by atoms with E-state index >= 15 is 0 Å². The maximum atomic E-state index is 12.1. The van der Waals surface area contributed by atoms with Crippen LogP contribution in [-0.4, -0.2) is 45.6 Å². The third kappa shape index (κ3) is 4.26. The number of nitrogens with two attached hydrogens (primary N) is 1. The van der Waals surface area contributed by atoms with E-state index in [0.29, 0.717) is 39.4 Å². The first-order valence-corrected chi connectivity index (χ1v) is 8.16. The molecule has 7 heteroatoms. The Morgan fingerprint density at radius 2 is 1.75 bits per heavy atom. The zero-order chi connectivity index (χ0) is 14.4. The fourth-order valence-electron chi connectivity index (χ4n) is 2.04. The highest BCUT2D eigenvalue weighted by Crippen LogP contribution is 2.07. The third-order valence-electron chi connectivity index (χ3n) is 3.22. The smallest absolute Gasteiger partial charge is 0.279 e. The van der Waals surface area contributed by atoms with Gasteiger partial charge in [-0.25, -0.2) is 0 Å². The van der Waals surface area contributed by atoms with Crippen LogP contribution in [0.15, 0.2) is 24.3 Å². The van der Waals surface area contributed by atoms with Crippen LogP contribution in [0.25, 0.3) is 0 Å². The highest BCUT2D eigenvalue weighted by molar-refractivity contribution is 7.87. The Hall–Kier alpha value is -0.990. The predicted octanol–water partition coefficient (Wildman–Crippen LogP) is -0.146. The van der Waals surface area contributed by atoms with E-state index in [-0.39, 0.29) is 0 Å². The van der Waals surface area contributed by atoms with Crippen LogP contribution in [0.5, 0.6) is 0 Å². The number of benzene rings is 1. The second-order valence-corrected chi connectivity index (χ2v) is 6.45. The van der Waals surface area contributed by atoms with Crippen LogP contribution >= 0.6 is 0 Å². The van der Waals surface area contributed by atoms with E-state index in [9.17, 15) is 8.42 Å². The topological polar surface area (TPSA) is 84.7 Å². The van der Waals surface area contributed by atoms with Crippen molar-refractivity contribution in [3.05, 3.63) is 35.4 Å². The van der Waals surface area contributed by atoms with Crippen molar-refractivity contribution in [3.8, 4) is 0 Å². The molecule has 20 heavy (non-hydrogen) atoms. The molecular formula is C13H21N3O3S. The van der Waals surface area contributed by atoms with Gasteiger partial charge < -0.3 is 10.5 Å². The van der Waals surface area contributed by atoms with Gasteiger partial charge in [0.05, 0.1) is 13.2 Å². The van der Waals surface area contributed by atoms with Gasteiger partial charge in [0.2, 0.25) is 0 Å². The molecule has 0 aliphatic carbocycles. The number of morpholine rings is 1. The number of nitrogens with one attached hydrogen (secondary N) is 1. The summed E-state index contributed by atoms with van der Waals surface area (Å²) >= 11 is 0. The van der Waals surface area contributed by atoms with Gasteiger partial charge in [-0.1, -0.05) is 24.3 Å². The lowest BCUT2D eigenvalue weighted by Crippen LogP contribution is -2.46. The summed E-state index contributed by atoms with van der Waals surface area (Å²) in [5.74, 6) is 0. The van der Waals surface area contributed by atoms with Crippen LogP contribution in [0.3, 0.4) is 0 Å². The largest absolute Gasteiger partial charge is 0.379 e. The summed E-state index contributed by atoms with van der Waals surface area (Å²) in [6.45, 7) is 2.63. The lowest BCUT2D eigenvalue weighted by atomic mass is 10.1. The summed E-state index contributed by atoms with van der Waals surface area (Å²) in [6, 6.07) is 7.80. The molecule has 0 bridgehead atoms. The quantitative estimate of drug-likeness (QED) is 0.765. The Morgan fingerprint density at radius 1 is 1.15 bits per heavy atom. The zero-order valence-electron chi connectivity index (χ0n) is 11.4. The highest BCUT2D eigenvalue weighted by Gasteiger charge is 2.23. The molecule has 1 aliphatic rings. The van der Waals surface area contributed by atoms with Crippen LogP contribution in [0.4, 0.5) is 0 Å². The molecule has 6 nitrogen and oxygen atoms in total. The Morgan fingerprint density at radius 3 is 2.35 bits per heavy atom. The first kappa shape index (κ1) is 15.4. The fourth-order valence-corrected chi connectivity index (χ4v) is 3.20. The second-order valence-electron chi connectivity index (χ2n) is 4.69. The van der Waals surface area contributed by atoms with Crippen LogP contribution < -0.4 is 10.5 Å². The average molecular weight is 299 g/mol. The van der Waals surface area contributed by atoms with E-state index in [1.54, 1.807) is 0 Å². The minimum absolute atomic E-state index is 0.294. The summed E-state index contributed by atoms with van der Waals surface area (Å²) in [5.41, 5.74) is 7.58. The van der Waals surface area contributed by atoms with E-state index in [1.807, 2.05) is 24.3 Å². The first-order valence-electron chi connectivity index (χ1n) is 6.72. The third-order valence-corrected chi connectivity index (χ3v) is 4.78. The summed E-state index contributed by atoms with van der Waals surface area (Å²) in [4.78, 5) is 0. The lowest BCUT2D eigenvalue weighted by molar-refractivity contribution is 0.0725. The Bertz CT molecular complexity index is 510. The zero-order valence-corrected chi connectivity index (χ0v) is 12.2. The SMILES string of the molecule is NCCc1ccc(CNS(=O)(=O)N2CCOCC2)cc1. The summed E-state index contributed by atoms with van der Waals surface area (Å²) in [6.07, 6.45) is 0.833. The molecule has 0 radical (unpaired) electrons. The van der Waals surface area contributed by atoms with E-state index < -0.39 is 10.2 Å². The highest BCUT2D eigenvalue weighted by atomic mass is 32.2. The van der Waals surface area contributed by atoms with E-state index in [2.05, 4.69) is 4.72 Å². The van der Waals surface area contributed by atoms with E-state index in [4.69, 9.17) is 10.5 Å². The predicted molar refractivity (Wildman–Crippen MR) is 77.4 cm³/mol. The van der Waals surface area contributed by atoms with E-state index in [0.717, 1.165) is 17.5 Å². The van der Waals surface area contributed by atoms with Crippen molar-refractivity contribution in [2.24, 2.45) is 5.73 Å². The maximum absolute atomic E-state index is 12.1. The molecule has 1 heterocycles. The molecule has 2 rings (SSSR count). The minimum atomic E-state index is -3.42. The standard InChI is InChI=1S/C13H21N3O3S/c14-6-5-12-1-3-13(4-2-12)11-15-20(17,18)16-7-9-19-10-8-16/h1-4,15H,5-11,14H2. The molecular weight excluding hydrogens is 278 g/mol. The van der Waals surface area contributed by atoms with Gasteiger partial charge in [-0.3, -0.25) is 0 Å². The van der Waals surface area contributed by atoms with Crippen molar-refractivity contribution < 1.29 is 13.2 Å². The van der Waals surface area contributed by atoms with Crippen molar-refractivity contribution >= 4 is 10.2 Å². The normalized spacial score (nSPS) is 17.2. The fraction of sp³-hybridized carbons (Fsp3) is 0.538. The first-order chi connectivity index (χ1) is 9.62. The Balaban J connectivity index is 1.90. The minimum Gasteiger partial charge on any atom is -0.379 e. The van der Waals surface area contributed by atoms with Crippen LogP contribution in [0.1, 0.15) is 11.1 Å². The molecule has 0 saturated carbocycles. The molecule has 1 aliphatic heterocycles. The molecule has 1 aromatic rings. The molecule has 0 spiro atoms. The summed E-state index contributed by atoms with van der Waals surface area (Å²) in [5, 5.41) is 0. The van der Waals surface area contributed by atoms with Crippen LogP contribution in [0, 0.1) is 0 Å². The van der Waals surface area contributed by atoms with Gasteiger partial charge >= 0.3 is 0 Å². The van der Waals surface area contributed by atoms with Crippen molar-refractivity contribution in [2.45, 2.75) is 13.0 Å². The molecule has 0 unspecified atom stereocenters. The van der Waals surface area contributed by atoms with Crippen molar-refractivity contribution in [1.82, 2.24) is 9.03 Å². The second kappa shape index (κ2) is 7.14. The number of ether oxygens (including phenoxy) is 1. The van der Waals surface area contributed by atoms with Crippen LogP contribution in [0.2, 0.25) is 0 Å². The van der Waals surface area contributed by atoms with Crippen molar-refractivity contribution in [1.29, 1.82) is 0 Å². The van der Waals surface area contributed by atoms with Gasteiger partial charge in [-0.2, -0.15) is 17.4 Å². The molecule has 3 N–H and O–H groups in total. The molecule has 0 aromatic heterocycles. The van der Waals surface area contributed by atoms with E-state index in [1.165, 1.54) is 4.31 Å². The number of rotatable bonds is 6. The van der Waals surface area contributed by atoms with Gasteiger partial charge in [-0.05, 0) is 24.1 Å². The number of hydrogen-bond donors (Lipinski definition) is 2. The lowest BCUT2D eigenvalue weighted by Gasteiger charge is -2.26. The van der Waals surface area contributed by atoms with Crippen LogP contribution in [-0.2, 0) is 27.9 Å². The van der Waals surface area contributed by atoms with Gasteiger partial charge in [-0.15, -0.1) is 0 Å². The Kier molecular flexibility index (Phi) is 5.50. The average Bonchev–Trinajstić information content (AvgIpc) is 2.48. The van der Waals surface area contributed by atoms with Crippen molar-refractivity contribution in [2.75, 3.05) is 32.8 Å². The summed E-state index contributed by atoms with van der Waals surface area (Å²) < 4.78 is 33.3. The maximum Gasteiger partial charge on any atom is 0.279 e. The van der Waals surface area contributed by atoms with Crippen molar-refractivity contribution in [3.63, 3.8) is 0 Å². The number of hydrogen-bond acceptors (Lipinski definition) is 4. The molecule has 1 aromatic carbocycles. The molecule has 112 valence electrons. The number of nitrogens with zero attached hydrogens (tertiary/aromatic N) is 1. The van der Waals surface area contributed by atoms with Gasteiger partial charge in [0.1, 0.15) is 0 Å².